The molecule has 0 aliphatic heterocycles. The molecule has 1 rings (SSSR count). The van der Waals surface area contributed by atoms with Crippen LogP contribution in [-0.4, -0.2) is 31.7 Å². The fourth-order valence-corrected chi connectivity index (χ4v) is 1.50. The van der Waals surface area contributed by atoms with Crippen LogP contribution in [0.2, 0.25) is 0 Å². The van der Waals surface area contributed by atoms with Crippen molar-refractivity contribution in [3.8, 4) is 11.5 Å². The molecule has 0 bridgehead atoms. The zero-order valence-corrected chi connectivity index (χ0v) is 12.5. The van der Waals surface area contributed by atoms with Gasteiger partial charge in [-0.2, -0.15) is 0 Å². The minimum Gasteiger partial charge on any atom is -0.490 e. The molecule has 0 unspecified atom stereocenters. The van der Waals surface area contributed by atoms with Gasteiger partial charge in [-0.05, 0) is 31.0 Å². The predicted octanol–water partition coefficient (Wildman–Crippen LogP) is 1.76. The molecule has 0 radical (unpaired) electrons. The van der Waals surface area contributed by atoms with Crippen LogP contribution >= 0.6 is 0 Å². The third-order valence-corrected chi connectivity index (χ3v) is 2.40. The summed E-state index contributed by atoms with van der Waals surface area (Å²) in [6.45, 7) is 6.45. The number of esters is 1. The van der Waals surface area contributed by atoms with Crippen LogP contribution < -0.4 is 15.2 Å². The van der Waals surface area contributed by atoms with Gasteiger partial charge in [0.05, 0.1) is 18.8 Å². The molecular weight excluding hydrogens is 274 g/mol. The highest BCUT2D eigenvalue weighted by Crippen LogP contribution is 2.29. The lowest BCUT2D eigenvalue weighted by Gasteiger charge is -2.14. The van der Waals surface area contributed by atoms with Crippen molar-refractivity contribution >= 4 is 11.9 Å². The Morgan fingerprint density at radius 1 is 1.19 bits per heavy atom. The summed E-state index contributed by atoms with van der Waals surface area (Å²) in [4.78, 5) is 22.4. The molecule has 2 N–H and O–H groups in total. The number of hydrogen-bond acceptors (Lipinski definition) is 5. The van der Waals surface area contributed by atoms with Crippen molar-refractivity contribution in [2.45, 2.75) is 20.8 Å². The summed E-state index contributed by atoms with van der Waals surface area (Å²) < 4.78 is 15.8. The van der Waals surface area contributed by atoms with E-state index in [4.69, 9.17) is 19.9 Å². The quantitative estimate of drug-likeness (QED) is 0.738. The van der Waals surface area contributed by atoms with Gasteiger partial charge in [0.1, 0.15) is 0 Å². The van der Waals surface area contributed by atoms with E-state index >= 15 is 0 Å². The Hall–Kier alpha value is -2.24. The molecule has 0 heterocycles. The molecule has 0 aliphatic rings. The van der Waals surface area contributed by atoms with Crippen LogP contribution in [0.1, 0.15) is 31.1 Å². The molecule has 6 nitrogen and oxygen atoms in total. The fraction of sp³-hybridized carbons (Fsp3) is 0.467. The maximum Gasteiger partial charge on any atom is 0.338 e. The van der Waals surface area contributed by atoms with E-state index < -0.39 is 18.5 Å². The number of carbonyl (C=O) groups is 2. The minimum atomic E-state index is -0.703. The van der Waals surface area contributed by atoms with Gasteiger partial charge in [-0.15, -0.1) is 0 Å². The van der Waals surface area contributed by atoms with Gasteiger partial charge in [0.15, 0.2) is 18.1 Å². The van der Waals surface area contributed by atoms with Gasteiger partial charge in [-0.3, -0.25) is 4.79 Å². The van der Waals surface area contributed by atoms with Crippen molar-refractivity contribution < 1.29 is 23.8 Å². The van der Waals surface area contributed by atoms with Crippen LogP contribution in [0.3, 0.4) is 0 Å². The third-order valence-electron chi connectivity index (χ3n) is 2.40. The molecule has 1 aromatic carbocycles. The van der Waals surface area contributed by atoms with Gasteiger partial charge >= 0.3 is 5.97 Å². The van der Waals surface area contributed by atoms with Crippen molar-refractivity contribution in [1.82, 2.24) is 0 Å². The van der Waals surface area contributed by atoms with Gasteiger partial charge in [0.25, 0.3) is 5.91 Å². The van der Waals surface area contributed by atoms with Gasteiger partial charge in [-0.1, -0.05) is 13.8 Å². The van der Waals surface area contributed by atoms with Gasteiger partial charge in [0, 0.05) is 0 Å². The number of benzene rings is 1. The molecule has 0 spiro atoms. The molecule has 0 atom stereocenters. The normalized spacial score (nSPS) is 10.3. The van der Waals surface area contributed by atoms with Crippen LogP contribution in [0.15, 0.2) is 18.2 Å². The molecule has 0 aromatic heterocycles. The van der Waals surface area contributed by atoms with E-state index in [1.807, 2.05) is 20.8 Å². The van der Waals surface area contributed by atoms with Crippen molar-refractivity contribution in [2.75, 3.05) is 19.8 Å². The zero-order chi connectivity index (χ0) is 15.8. The zero-order valence-electron chi connectivity index (χ0n) is 12.5. The number of primary amides is 1. The summed E-state index contributed by atoms with van der Waals surface area (Å²) in [6, 6.07) is 4.73. The van der Waals surface area contributed by atoms with E-state index in [1.165, 1.54) is 6.07 Å². The lowest BCUT2D eigenvalue weighted by Crippen LogP contribution is -2.21. The van der Waals surface area contributed by atoms with Crippen molar-refractivity contribution in [2.24, 2.45) is 11.7 Å². The second-order valence-electron chi connectivity index (χ2n) is 4.84. The van der Waals surface area contributed by atoms with Crippen LogP contribution in [0.25, 0.3) is 0 Å². The highest BCUT2D eigenvalue weighted by Gasteiger charge is 2.14. The molecule has 0 saturated carbocycles. The van der Waals surface area contributed by atoms with Crippen molar-refractivity contribution in [3.63, 3.8) is 0 Å². The second kappa shape index (κ2) is 8.14. The van der Waals surface area contributed by atoms with Crippen LogP contribution in [0, 0.1) is 5.92 Å². The third kappa shape index (κ3) is 5.72. The van der Waals surface area contributed by atoms with E-state index in [0.717, 1.165) is 0 Å². The number of carbonyl (C=O) groups excluding carboxylic acids is 2. The molecular formula is C15H21NO5. The number of hydrogen-bond donors (Lipinski definition) is 1. The Labute approximate surface area is 124 Å². The van der Waals surface area contributed by atoms with Crippen LogP contribution in [0.4, 0.5) is 0 Å². The van der Waals surface area contributed by atoms with Gasteiger partial charge in [0.2, 0.25) is 0 Å². The first-order valence-electron chi connectivity index (χ1n) is 6.79. The van der Waals surface area contributed by atoms with E-state index in [1.54, 1.807) is 12.1 Å². The van der Waals surface area contributed by atoms with E-state index in [0.29, 0.717) is 30.6 Å². The molecule has 116 valence electrons. The summed E-state index contributed by atoms with van der Waals surface area (Å²) in [5.41, 5.74) is 5.20. The Morgan fingerprint density at radius 3 is 2.48 bits per heavy atom. The topological polar surface area (TPSA) is 87.9 Å². The van der Waals surface area contributed by atoms with Crippen LogP contribution in [-0.2, 0) is 9.53 Å². The summed E-state index contributed by atoms with van der Waals surface area (Å²) in [7, 11) is 0. The number of rotatable bonds is 8. The standard InChI is InChI=1S/C15H21NO5/c1-4-19-13-7-11(15(18)21-9-14(16)17)5-6-12(13)20-8-10(2)3/h5-7,10H,4,8-9H2,1-3H3,(H2,16,17). The highest BCUT2D eigenvalue weighted by molar-refractivity contribution is 5.91. The van der Waals surface area contributed by atoms with E-state index in [2.05, 4.69) is 0 Å². The predicted molar refractivity (Wildman–Crippen MR) is 77.4 cm³/mol. The molecule has 6 heteroatoms. The molecule has 0 aliphatic carbocycles. The molecule has 1 aromatic rings. The molecule has 21 heavy (non-hydrogen) atoms. The Balaban J connectivity index is 2.85. The lowest BCUT2D eigenvalue weighted by molar-refractivity contribution is -0.121. The van der Waals surface area contributed by atoms with Gasteiger partial charge in [-0.25, -0.2) is 4.79 Å². The van der Waals surface area contributed by atoms with Gasteiger partial charge < -0.3 is 19.9 Å². The second-order valence-corrected chi connectivity index (χ2v) is 4.84. The van der Waals surface area contributed by atoms with Crippen molar-refractivity contribution in [1.29, 1.82) is 0 Å². The molecule has 1 amide bonds. The molecule has 0 fully saturated rings. The summed E-state index contributed by atoms with van der Waals surface area (Å²) >= 11 is 0. The largest absolute Gasteiger partial charge is 0.490 e. The van der Waals surface area contributed by atoms with Crippen LogP contribution in [0.5, 0.6) is 11.5 Å². The van der Waals surface area contributed by atoms with E-state index in [9.17, 15) is 9.59 Å². The average Bonchev–Trinajstić information content (AvgIpc) is 2.43. The molecule has 0 saturated heterocycles. The summed E-state index contributed by atoms with van der Waals surface area (Å²) in [5.74, 6) is 0.0683. The maximum absolute atomic E-state index is 11.8. The smallest absolute Gasteiger partial charge is 0.338 e. The first kappa shape index (κ1) is 16.8. The SMILES string of the molecule is CCOc1cc(C(=O)OCC(N)=O)ccc1OCC(C)C. The maximum atomic E-state index is 11.8. The highest BCUT2D eigenvalue weighted by atomic mass is 16.5. The first-order chi connectivity index (χ1) is 9.93. The monoisotopic (exact) mass is 295 g/mol. The minimum absolute atomic E-state index is 0.275. The summed E-state index contributed by atoms with van der Waals surface area (Å²) in [6.07, 6.45) is 0. The Morgan fingerprint density at radius 2 is 1.90 bits per heavy atom. The van der Waals surface area contributed by atoms with E-state index in [-0.39, 0.29) is 5.56 Å². The first-order valence-corrected chi connectivity index (χ1v) is 6.79. The number of nitrogens with two attached hydrogens (primary N) is 1. The number of ether oxygens (including phenoxy) is 3. The average molecular weight is 295 g/mol. The number of amides is 1. The lowest BCUT2D eigenvalue weighted by atomic mass is 10.2. The fourth-order valence-electron chi connectivity index (χ4n) is 1.50. The Kier molecular flexibility index (Phi) is 6.52. The Bertz CT molecular complexity index is 499. The summed E-state index contributed by atoms with van der Waals surface area (Å²) in [5, 5.41) is 0. The van der Waals surface area contributed by atoms with Crippen molar-refractivity contribution in [3.05, 3.63) is 23.8 Å².